The van der Waals surface area contributed by atoms with Crippen LogP contribution in [-0.4, -0.2) is 63.4 Å². The van der Waals surface area contributed by atoms with Crippen LogP contribution in [-0.2, 0) is 22.9 Å². The Balaban J connectivity index is 1.25. The molecule has 1 aliphatic carbocycles. The van der Waals surface area contributed by atoms with E-state index in [2.05, 4.69) is 9.62 Å². The lowest BCUT2D eigenvalue weighted by Crippen LogP contribution is -2.50. The van der Waals surface area contributed by atoms with Gasteiger partial charge in [0.25, 0.3) is 5.91 Å². The molecule has 0 bridgehead atoms. The maximum Gasteiger partial charge on any atom is 0.254 e. The monoisotopic (exact) mass is 433 g/mol. The van der Waals surface area contributed by atoms with E-state index in [0.29, 0.717) is 31.1 Å². The maximum atomic E-state index is 12.7. The Kier molecular flexibility index (Phi) is 6.34. The minimum Gasteiger partial charge on any atom is -0.336 e. The topological polar surface area (TPSA) is 69.7 Å². The summed E-state index contributed by atoms with van der Waals surface area (Å²) in [6.45, 7) is 3.88. The van der Waals surface area contributed by atoms with Gasteiger partial charge in [-0.1, -0.05) is 6.07 Å². The molecular formula is C21H27N3O3S2. The van der Waals surface area contributed by atoms with Gasteiger partial charge in [-0.05, 0) is 60.4 Å². The van der Waals surface area contributed by atoms with Crippen LogP contribution in [0.5, 0.6) is 0 Å². The smallest absolute Gasteiger partial charge is 0.254 e. The number of carbonyl (C=O) groups is 1. The van der Waals surface area contributed by atoms with E-state index in [1.807, 2.05) is 33.9 Å². The highest BCUT2D eigenvalue weighted by molar-refractivity contribution is 7.89. The summed E-state index contributed by atoms with van der Waals surface area (Å²) >= 11 is 1.53. The molecular weight excluding hydrogens is 406 g/mol. The van der Waals surface area contributed by atoms with E-state index in [0.717, 1.165) is 37.9 Å². The number of piperazine rings is 1. The third-order valence-electron chi connectivity index (χ3n) is 5.78. The molecule has 1 N–H and O–H groups in total. The van der Waals surface area contributed by atoms with E-state index in [4.69, 9.17) is 0 Å². The number of carbonyl (C=O) groups excluding carboxylic acids is 1. The van der Waals surface area contributed by atoms with Crippen LogP contribution in [0.2, 0.25) is 0 Å². The summed E-state index contributed by atoms with van der Waals surface area (Å²) in [5.41, 5.74) is 3.21. The second kappa shape index (κ2) is 8.95. The molecule has 2 aromatic rings. The van der Waals surface area contributed by atoms with Gasteiger partial charge in [0, 0.05) is 44.6 Å². The Hall–Kier alpha value is -1.74. The van der Waals surface area contributed by atoms with E-state index in [-0.39, 0.29) is 5.91 Å². The molecule has 2 heterocycles. The zero-order chi connectivity index (χ0) is 20.3. The number of fused-ring (bicyclic) bond motifs is 1. The minimum absolute atomic E-state index is 0.0824. The van der Waals surface area contributed by atoms with Gasteiger partial charge in [-0.15, -0.1) is 0 Å². The SMILES string of the molecule is O=C(c1ccsc1)N1CCN(CCNS(=O)(=O)c2ccc3c(c2)CCCC3)CC1. The molecule has 1 saturated heterocycles. The largest absolute Gasteiger partial charge is 0.336 e. The summed E-state index contributed by atoms with van der Waals surface area (Å²) in [4.78, 5) is 16.8. The summed E-state index contributed by atoms with van der Waals surface area (Å²) in [6, 6.07) is 7.38. The Morgan fingerprint density at radius 3 is 2.52 bits per heavy atom. The summed E-state index contributed by atoms with van der Waals surface area (Å²) < 4.78 is 28.0. The quantitative estimate of drug-likeness (QED) is 0.759. The van der Waals surface area contributed by atoms with Crippen molar-refractivity contribution in [2.24, 2.45) is 0 Å². The van der Waals surface area contributed by atoms with Gasteiger partial charge >= 0.3 is 0 Å². The fourth-order valence-electron chi connectivity index (χ4n) is 4.04. The highest BCUT2D eigenvalue weighted by Gasteiger charge is 2.23. The third-order valence-corrected chi connectivity index (χ3v) is 7.92. The number of rotatable bonds is 6. The molecule has 1 aliphatic heterocycles. The number of aryl methyl sites for hydroxylation is 2. The van der Waals surface area contributed by atoms with E-state index in [1.54, 1.807) is 6.07 Å². The first kappa shape index (κ1) is 20.5. The summed E-state index contributed by atoms with van der Waals surface area (Å²) in [7, 11) is -3.49. The normalized spacial score (nSPS) is 17.9. The summed E-state index contributed by atoms with van der Waals surface area (Å²) in [5, 5.41) is 3.79. The molecule has 156 valence electrons. The fourth-order valence-corrected chi connectivity index (χ4v) is 5.74. The van der Waals surface area contributed by atoms with Crippen molar-refractivity contribution < 1.29 is 13.2 Å². The van der Waals surface area contributed by atoms with E-state index < -0.39 is 10.0 Å². The van der Waals surface area contributed by atoms with Gasteiger partial charge in [0.05, 0.1) is 10.5 Å². The Bertz CT molecular complexity index is 950. The maximum absolute atomic E-state index is 12.7. The van der Waals surface area contributed by atoms with Gasteiger partial charge in [-0.25, -0.2) is 13.1 Å². The Morgan fingerprint density at radius 1 is 1.03 bits per heavy atom. The van der Waals surface area contributed by atoms with Gasteiger partial charge in [0.1, 0.15) is 0 Å². The molecule has 8 heteroatoms. The van der Waals surface area contributed by atoms with Crippen LogP contribution >= 0.6 is 11.3 Å². The van der Waals surface area contributed by atoms with Crippen molar-refractivity contribution in [3.05, 3.63) is 51.7 Å². The average molecular weight is 434 g/mol. The van der Waals surface area contributed by atoms with Crippen molar-refractivity contribution in [1.82, 2.24) is 14.5 Å². The van der Waals surface area contributed by atoms with Crippen molar-refractivity contribution >= 4 is 27.3 Å². The van der Waals surface area contributed by atoms with Crippen molar-refractivity contribution in [1.29, 1.82) is 0 Å². The van der Waals surface area contributed by atoms with Crippen LogP contribution < -0.4 is 4.72 Å². The van der Waals surface area contributed by atoms with E-state index in [1.165, 1.54) is 28.9 Å². The number of benzene rings is 1. The molecule has 0 unspecified atom stereocenters. The number of nitrogens with one attached hydrogen (secondary N) is 1. The van der Waals surface area contributed by atoms with Crippen LogP contribution in [0.1, 0.15) is 34.3 Å². The zero-order valence-electron chi connectivity index (χ0n) is 16.5. The van der Waals surface area contributed by atoms with Gasteiger partial charge in [0.15, 0.2) is 0 Å². The summed E-state index contributed by atoms with van der Waals surface area (Å²) in [6.07, 6.45) is 4.32. The molecule has 0 radical (unpaired) electrons. The van der Waals surface area contributed by atoms with E-state index in [9.17, 15) is 13.2 Å². The molecule has 1 amide bonds. The number of thiophene rings is 1. The van der Waals surface area contributed by atoms with E-state index >= 15 is 0 Å². The first-order valence-electron chi connectivity index (χ1n) is 10.2. The third kappa shape index (κ3) is 4.88. The number of nitrogens with zero attached hydrogens (tertiary/aromatic N) is 2. The molecule has 1 fully saturated rings. The lowest BCUT2D eigenvalue weighted by Gasteiger charge is -2.34. The average Bonchev–Trinajstić information content (AvgIpc) is 3.28. The number of hydrogen-bond donors (Lipinski definition) is 1. The lowest BCUT2D eigenvalue weighted by molar-refractivity contribution is 0.0640. The van der Waals surface area contributed by atoms with Crippen LogP contribution in [0.25, 0.3) is 0 Å². The molecule has 1 aromatic heterocycles. The first-order chi connectivity index (χ1) is 14.0. The van der Waals surface area contributed by atoms with Crippen LogP contribution in [0.15, 0.2) is 39.9 Å². The molecule has 1 aromatic carbocycles. The lowest BCUT2D eigenvalue weighted by atomic mass is 9.92. The van der Waals surface area contributed by atoms with Gasteiger partial charge in [-0.2, -0.15) is 11.3 Å². The van der Waals surface area contributed by atoms with Crippen LogP contribution in [0.4, 0.5) is 0 Å². The molecule has 4 rings (SSSR count). The second-order valence-corrected chi connectivity index (χ2v) is 10.2. The zero-order valence-corrected chi connectivity index (χ0v) is 18.1. The molecule has 0 atom stereocenters. The molecule has 29 heavy (non-hydrogen) atoms. The van der Waals surface area contributed by atoms with Crippen molar-refractivity contribution in [2.75, 3.05) is 39.3 Å². The first-order valence-corrected chi connectivity index (χ1v) is 12.6. The Morgan fingerprint density at radius 2 is 1.79 bits per heavy atom. The van der Waals surface area contributed by atoms with Gasteiger partial charge in [0.2, 0.25) is 10.0 Å². The molecule has 0 spiro atoms. The predicted octanol–water partition coefficient (Wildman–Crippen LogP) is 2.36. The van der Waals surface area contributed by atoms with Crippen LogP contribution in [0, 0.1) is 0 Å². The molecule has 2 aliphatic rings. The predicted molar refractivity (Wildman–Crippen MR) is 115 cm³/mol. The van der Waals surface area contributed by atoms with Crippen LogP contribution in [0.3, 0.4) is 0 Å². The number of amides is 1. The number of hydrogen-bond acceptors (Lipinski definition) is 5. The molecule has 0 saturated carbocycles. The fraction of sp³-hybridized carbons (Fsp3) is 0.476. The number of sulfonamides is 1. The highest BCUT2D eigenvalue weighted by Crippen LogP contribution is 2.24. The van der Waals surface area contributed by atoms with Crippen molar-refractivity contribution in [2.45, 2.75) is 30.6 Å². The highest BCUT2D eigenvalue weighted by atomic mass is 32.2. The molecule has 6 nitrogen and oxygen atoms in total. The van der Waals surface area contributed by atoms with Crippen molar-refractivity contribution in [3.63, 3.8) is 0 Å². The van der Waals surface area contributed by atoms with Gasteiger partial charge < -0.3 is 4.90 Å². The van der Waals surface area contributed by atoms with Crippen molar-refractivity contribution in [3.8, 4) is 0 Å². The van der Waals surface area contributed by atoms with Gasteiger partial charge in [-0.3, -0.25) is 9.69 Å². The standard InChI is InChI=1S/C21H27N3O3S2/c25-21(19-7-14-28-16-19)24-12-10-23(11-13-24)9-8-22-29(26,27)20-6-5-17-3-1-2-4-18(17)15-20/h5-7,14-16,22H,1-4,8-13H2. The minimum atomic E-state index is -3.49. The Labute approximate surface area is 176 Å². The summed E-state index contributed by atoms with van der Waals surface area (Å²) in [5.74, 6) is 0.0824. The second-order valence-electron chi connectivity index (χ2n) is 7.68.